The van der Waals surface area contributed by atoms with Crippen molar-refractivity contribution in [1.82, 2.24) is 4.98 Å². The van der Waals surface area contributed by atoms with Crippen molar-refractivity contribution in [2.24, 2.45) is 0 Å². The molecular formula is C17H17ClN2O4. The molecule has 0 unspecified atom stereocenters. The number of aromatic nitrogens is 1. The molecule has 0 fully saturated rings. The number of hydrogen-bond donors (Lipinski definition) is 1. The van der Waals surface area contributed by atoms with E-state index in [1.807, 2.05) is 6.92 Å². The molecule has 0 saturated heterocycles. The van der Waals surface area contributed by atoms with Crippen LogP contribution in [0.3, 0.4) is 0 Å². The largest absolute Gasteiger partial charge is 0.477 e. The highest BCUT2D eigenvalue weighted by atomic mass is 35.5. The minimum absolute atomic E-state index is 0.172. The van der Waals surface area contributed by atoms with Gasteiger partial charge in [0.2, 0.25) is 5.88 Å². The zero-order valence-electron chi connectivity index (χ0n) is 13.3. The lowest BCUT2D eigenvalue weighted by molar-refractivity contribution is -0.119. The zero-order valence-corrected chi connectivity index (χ0v) is 14.1. The summed E-state index contributed by atoms with van der Waals surface area (Å²) in [4.78, 5) is 28.0. The van der Waals surface area contributed by atoms with Crippen molar-refractivity contribution >= 4 is 29.2 Å². The fourth-order valence-corrected chi connectivity index (χ4v) is 2.09. The minimum Gasteiger partial charge on any atom is -0.477 e. The van der Waals surface area contributed by atoms with Crippen molar-refractivity contribution in [2.45, 2.75) is 13.8 Å². The summed E-state index contributed by atoms with van der Waals surface area (Å²) in [7, 11) is 0. The molecule has 1 aromatic heterocycles. The Balaban J connectivity index is 1.96. The van der Waals surface area contributed by atoms with Crippen molar-refractivity contribution in [3.05, 3.63) is 52.7 Å². The number of nitrogens with zero attached hydrogens (tertiary/aromatic N) is 1. The molecule has 24 heavy (non-hydrogen) atoms. The number of anilines is 1. The predicted octanol–water partition coefficient (Wildman–Crippen LogP) is 3.24. The van der Waals surface area contributed by atoms with Gasteiger partial charge in [-0.15, -0.1) is 0 Å². The van der Waals surface area contributed by atoms with Crippen molar-refractivity contribution in [3.8, 4) is 5.88 Å². The van der Waals surface area contributed by atoms with E-state index in [2.05, 4.69) is 10.3 Å². The molecule has 1 aromatic carbocycles. The van der Waals surface area contributed by atoms with E-state index in [0.29, 0.717) is 17.3 Å². The summed E-state index contributed by atoms with van der Waals surface area (Å²) in [5.41, 5.74) is 1.59. The fraction of sp³-hybridized carbons (Fsp3) is 0.235. The normalized spacial score (nSPS) is 10.1. The third-order valence-electron chi connectivity index (χ3n) is 3.08. The van der Waals surface area contributed by atoms with Gasteiger partial charge < -0.3 is 14.8 Å². The Labute approximate surface area is 144 Å². The molecular weight excluding hydrogens is 332 g/mol. The van der Waals surface area contributed by atoms with Gasteiger partial charge in [0, 0.05) is 16.9 Å². The van der Waals surface area contributed by atoms with Crippen molar-refractivity contribution in [2.75, 3.05) is 18.5 Å². The molecule has 0 aliphatic heterocycles. The Kier molecular flexibility index (Phi) is 6.14. The number of pyridine rings is 1. The molecule has 1 amide bonds. The SMILES string of the molecule is CCOc1ncccc1C(=O)OCC(=O)Nc1cc(Cl)ccc1C. The van der Waals surface area contributed by atoms with Crippen molar-refractivity contribution in [1.29, 1.82) is 0 Å². The number of carbonyl (C=O) groups is 2. The van der Waals surface area contributed by atoms with E-state index in [9.17, 15) is 9.59 Å². The van der Waals surface area contributed by atoms with Crippen LogP contribution in [-0.2, 0) is 9.53 Å². The Morgan fingerprint density at radius 3 is 2.83 bits per heavy atom. The first-order valence-electron chi connectivity index (χ1n) is 7.32. The van der Waals surface area contributed by atoms with Crippen LogP contribution in [0.2, 0.25) is 5.02 Å². The number of carbonyl (C=O) groups excluding carboxylic acids is 2. The van der Waals surface area contributed by atoms with Gasteiger partial charge >= 0.3 is 5.97 Å². The smallest absolute Gasteiger partial charge is 0.344 e. The maximum atomic E-state index is 12.1. The molecule has 0 aliphatic carbocycles. The molecule has 0 aliphatic rings. The van der Waals surface area contributed by atoms with Crippen LogP contribution in [0.15, 0.2) is 36.5 Å². The second-order valence-corrected chi connectivity index (χ2v) is 5.31. The first-order valence-corrected chi connectivity index (χ1v) is 7.70. The summed E-state index contributed by atoms with van der Waals surface area (Å²) < 4.78 is 10.3. The van der Waals surface area contributed by atoms with Crippen LogP contribution >= 0.6 is 11.6 Å². The van der Waals surface area contributed by atoms with Gasteiger partial charge in [0.05, 0.1) is 6.61 Å². The second-order valence-electron chi connectivity index (χ2n) is 4.87. The van der Waals surface area contributed by atoms with Crippen LogP contribution in [0.4, 0.5) is 5.69 Å². The predicted molar refractivity (Wildman–Crippen MR) is 90.5 cm³/mol. The Bertz CT molecular complexity index is 749. The first-order chi connectivity index (χ1) is 11.5. The number of benzene rings is 1. The van der Waals surface area contributed by atoms with E-state index < -0.39 is 18.5 Å². The number of ether oxygens (including phenoxy) is 2. The number of rotatable bonds is 6. The van der Waals surface area contributed by atoms with Gasteiger partial charge in [0.25, 0.3) is 5.91 Å². The van der Waals surface area contributed by atoms with E-state index >= 15 is 0 Å². The molecule has 0 saturated carbocycles. The molecule has 1 N–H and O–H groups in total. The molecule has 6 nitrogen and oxygen atoms in total. The minimum atomic E-state index is -0.676. The zero-order chi connectivity index (χ0) is 17.5. The molecule has 126 valence electrons. The number of amides is 1. The Morgan fingerprint density at radius 1 is 1.29 bits per heavy atom. The van der Waals surface area contributed by atoms with E-state index in [0.717, 1.165) is 5.56 Å². The lowest BCUT2D eigenvalue weighted by atomic mass is 10.2. The monoisotopic (exact) mass is 348 g/mol. The molecule has 7 heteroatoms. The first kappa shape index (κ1) is 17.7. The van der Waals surface area contributed by atoms with E-state index in [1.165, 1.54) is 12.3 Å². The van der Waals surface area contributed by atoms with Gasteiger partial charge in [0.1, 0.15) is 5.56 Å². The second kappa shape index (κ2) is 8.31. The summed E-state index contributed by atoms with van der Waals surface area (Å²) in [6.07, 6.45) is 1.51. The van der Waals surface area contributed by atoms with Gasteiger partial charge in [0.15, 0.2) is 6.61 Å². The van der Waals surface area contributed by atoms with E-state index in [-0.39, 0.29) is 11.4 Å². The van der Waals surface area contributed by atoms with Crippen LogP contribution in [0, 0.1) is 6.92 Å². The average molecular weight is 349 g/mol. The summed E-state index contributed by atoms with van der Waals surface area (Å²) in [5, 5.41) is 3.15. The highest BCUT2D eigenvalue weighted by molar-refractivity contribution is 6.31. The summed E-state index contributed by atoms with van der Waals surface area (Å²) in [5.74, 6) is -0.962. The average Bonchev–Trinajstić information content (AvgIpc) is 2.57. The lowest BCUT2D eigenvalue weighted by Crippen LogP contribution is -2.21. The summed E-state index contributed by atoms with van der Waals surface area (Å²) in [6, 6.07) is 8.26. The van der Waals surface area contributed by atoms with Gasteiger partial charge in [-0.3, -0.25) is 4.79 Å². The molecule has 2 rings (SSSR count). The topological polar surface area (TPSA) is 77.5 Å². The lowest BCUT2D eigenvalue weighted by Gasteiger charge is -2.10. The van der Waals surface area contributed by atoms with Crippen LogP contribution in [0.1, 0.15) is 22.8 Å². The van der Waals surface area contributed by atoms with Crippen LogP contribution in [-0.4, -0.2) is 30.1 Å². The highest BCUT2D eigenvalue weighted by Gasteiger charge is 2.16. The molecule has 1 heterocycles. The van der Waals surface area contributed by atoms with Gasteiger partial charge in [-0.25, -0.2) is 9.78 Å². The number of halogens is 1. The maximum Gasteiger partial charge on any atom is 0.344 e. The summed E-state index contributed by atoms with van der Waals surface area (Å²) >= 11 is 5.90. The van der Waals surface area contributed by atoms with Gasteiger partial charge in [-0.05, 0) is 43.7 Å². The number of aryl methyl sites for hydroxylation is 1. The van der Waals surface area contributed by atoms with E-state index in [1.54, 1.807) is 31.2 Å². The molecule has 0 bridgehead atoms. The molecule has 2 aromatic rings. The van der Waals surface area contributed by atoms with Crippen molar-refractivity contribution in [3.63, 3.8) is 0 Å². The third-order valence-corrected chi connectivity index (χ3v) is 3.32. The fourth-order valence-electron chi connectivity index (χ4n) is 1.92. The van der Waals surface area contributed by atoms with Gasteiger partial charge in [-0.1, -0.05) is 17.7 Å². The number of nitrogens with one attached hydrogen (secondary N) is 1. The maximum absolute atomic E-state index is 12.1. The third kappa shape index (κ3) is 4.70. The Hall–Kier alpha value is -2.60. The van der Waals surface area contributed by atoms with Gasteiger partial charge in [-0.2, -0.15) is 0 Å². The molecule has 0 radical (unpaired) electrons. The highest BCUT2D eigenvalue weighted by Crippen LogP contribution is 2.20. The number of hydrogen-bond acceptors (Lipinski definition) is 5. The van der Waals surface area contributed by atoms with E-state index in [4.69, 9.17) is 21.1 Å². The molecule has 0 atom stereocenters. The Morgan fingerprint density at radius 2 is 2.08 bits per heavy atom. The molecule has 0 spiro atoms. The van der Waals surface area contributed by atoms with Crippen LogP contribution in [0.25, 0.3) is 0 Å². The number of esters is 1. The van der Waals surface area contributed by atoms with Crippen LogP contribution < -0.4 is 10.1 Å². The quantitative estimate of drug-likeness (QED) is 0.811. The van der Waals surface area contributed by atoms with Crippen molar-refractivity contribution < 1.29 is 19.1 Å². The van der Waals surface area contributed by atoms with Crippen LogP contribution in [0.5, 0.6) is 5.88 Å². The summed E-state index contributed by atoms with van der Waals surface area (Å²) in [6.45, 7) is 3.56. The standard InChI is InChI=1S/C17H17ClN2O4/c1-3-23-16-13(5-4-8-19-16)17(22)24-10-15(21)20-14-9-12(18)7-6-11(14)2/h4-9H,3,10H2,1-2H3,(H,20,21).